The molecule has 0 saturated carbocycles. The van der Waals surface area contributed by atoms with Gasteiger partial charge in [0.25, 0.3) is 0 Å². The second kappa shape index (κ2) is 4.90. The summed E-state index contributed by atoms with van der Waals surface area (Å²) in [5, 5.41) is 11.3. The predicted molar refractivity (Wildman–Crippen MR) is 72.5 cm³/mol. The number of benzene rings is 1. The molecule has 0 spiro atoms. The molecule has 0 unspecified atom stereocenters. The molecule has 2 aromatic rings. The predicted octanol–water partition coefficient (Wildman–Crippen LogP) is 3.36. The lowest BCUT2D eigenvalue weighted by Crippen LogP contribution is -1.98. The van der Waals surface area contributed by atoms with Crippen LogP contribution < -0.4 is 0 Å². The third-order valence-corrected chi connectivity index (χ3v) is 3.91. The molecule has 3 nitrogen and oxygen atoms in total. The van der Waals surface area contributed by atoms with Gasteiger partial charge in [-0.25, -0.2) is 9.78 Å². The molecule has 1 heterocycles. The van der Waals surface area contributed by atoms with Crippen LogP contribution in [0.3, 0.4) is 0 Å². The van der Waals surface area contributed by atoms with Crippen molar-refractivity contribution in [3.8, 4) is 0 Å². The van der Waals surface area contributed by atoms with E-state index < -0.39 is 5.97 Å². The van der Waals surface area contributed by atoms with Crippen LogP contribution >= 0.6 is 11.3 Å². The molecule has 94 valence electrons. The van der Waals surface area contributed by atoms with Crippen LogP contribution in [0, 0.1) is 20.8 Å². The standard InChI is InChI=1S/C14H15NO2S/c1-8-4-10(3)11(5-9(8)2)6-13-15-12(7-18-13)14(16)17/h4-5,7H,6H2,1-3H3,(H,16,17). The number of carboxylic acids is 1. The maximum Gasteiger partial charge on any atom is 0.355 e. The number of carboxylic acid groups (broad SMARTS) is 1. The van der Waals surface area contributed by atoms with Crippen LogP contribution in [0.1, 0.15) is 37.7 Å². The van der Waals surface area contributed by atoms with Crippen molar-refractivity contribution in [3.05, 3.63) is 50.5 Å². The van der Waals surface area contributed by atoms with Crippen molar-refractivity contribution in [3.63, 3.8) is 0 Å². The number of rotatable bonds is 3. The molecule has 1 aromatic carbocycles. The van der Waals surface area contributed by atoms with Gasteiger partial charge in [-0.05, 0) is 43.0 Å². The van der Waals surface area contributed by atoms with Gasteiger partial charge in [-0.1, -0.05) is 12.1 Å². The average Bonchev–Trinajstić information content (AvgIpc) is 2.74. The number of carbonyl (C=O) groups is 1. The largest absolute Gasteiger partial charge is 0.476 e. The van der Waals surface area contributed by atoms with Gasteiger partial charge in [-0.3, -0.25) is 0 Å². The lowest BCUT2D eigenvalue weighted by molar-refractivity contribution is 0.0691. The Hall–Kier alpha value is -1.68. The molecule has 0 fully saturated rings. The van der Waals surface area contributed by atoms with Gasteiger partial charge < -0.3 is 5.11 Å². The fraction of sp³-hybridized carbons (Fsp3) is 0.286. The monoisotopic (exact) mass is 261 g/mol. The molecule has 1 N–H and O–H groups in total. The summed E-state index contributed by atoms with van der Waals surface area (Å²) in [6.07, 6.45) is 0.699. The van der Waals surface area contributed by atoms with E-state index in [-0.39, 0.29) is 5.69 Å². The summed E-state index contributed by atoms with van der Waals surface area (Å²) in [7, 11) is 0. The second-order valence-electron chi connectivity index (χ2n) is 4.47. The van der Waals surface area contributed by atoms with E-state index >= 15 is 0 Å². The minimum atomic E-state index is -0.964. The third kappa shape index (κ3) is 2.59. The topological polar surface area (TPSA) is 50.2 Å². The van der Waals surface area contributed by atoms with Crippen LogP contribution in [0.15, 0.2) is 17.5 Å². The van der Waals surface area contributed by atoms with E-state index in [9.17, 15) is 4.79 Å². The summed E-state index contributed by atoms with van der Waals surface area (Å²) in [5.74, 6) is -0.964. The van der Waals surface area contributed by atoms with Crippen LogP contribution in [0.2, 0.25) is 0 Å². The summed E-state index contributed by atoms with van der Waals surface area (Å²) >= 11 is 1.40. The Balaban J connectivity index is 2.28. The van der Waals surface area contributed by atoms with E-state index in [1.165, 1.54) is 33.6 Å². The lowest BCUT2D eigenvalue weighted by atomic mass is 9.99. The molecule has 0 aliphatic carbocycles. The maximum atomic E-state index is 10.8. The molecule has 18 heavy (non-hydrogen) atoms. The highest BCUT2D eigenvalue weighted by Crippen LogP contribution is 2.20. The number of hydrogen-bond acceptors (Lipinski definition) is 3. The minimum absolute atomic E-state index is 0.136. The molecule has 4 heteroatoms. The van der Waals surface area contributed by atoms with Gasteiger partial charge in [-0.15, -0.1) is 11.3 Å². The summed E-state index contributed by atoms with van der Waals surface area (Å²) in [6, 6.07) is 4.32. The Bertz CT molecular complexity index is 602. The van der Waals surface area contributed by atoms with Gasteiger partial charge in [0.05, 0.1) is 5.01 Å². The molecule has 0 aliphatic heterocycles. The number of hydrogen-bond donors (Lipinski definition) is 1. The van der Waals surface area contributed by atoms with Crippen molar-refractivity contribution in [1.82, 2.24) is 4.98 Å². The first-order valence-corrected chi connectivity index (χ1v) is 6.59. The number of aryl methyl sites for hydroxylation is 3. The Morgan fingerprint density at radius 3 is 2.50 bits per heavy atom. The van der Waals surface area contributed by atoms with E-state index in [0.29, 0.717) is 6.42 Å². The van der Waals surface area contributed by atoms with E-state index in [1.807, 2.05) is 0 Å². The Morgan fingerprint density at radius 2 is 1.89 bits per heavy atom. The number of nitrogens with zero attached hydrogens (tertiary/aromatic N) is 1. The van der Waals surface area contributed by atoms with Crippen LogP contribution in [-0.4, -0.2) is 16.1 Å². The first-order chi connectivity index (χ1) is 8.47. The zero-order valence-electron chi connectivity index (χ0n) is 10.7. The van der Waals surface area contributed by atoms with E-state index in [2.05, 4.69) is 37.9 Å². The fourth-order valence-corrected chi connectivity index (χ4v) is 2.66. The molecule has 2 rings (SSSR count). The molecular formula is C14H15NO2S. The lowest BCUT2D eigenvalue weighted by Gasteiger charge is -2.08. The summed E-state index contributed by atoms with van der Waals surface area (Å²) in [4.78, 5) is 14.9. The highest BCUT2D eigenvalue weighted by atomic mass is 32.1. The van der Waals surface area contributed by atoms with Crippen LogP contribution in [0.25, 0.3) is 0 Å². The zero-order valence-corrected chi connectivity index (χ0v) is 11.5. The highest BCUT2D eigenvalue weighted by molar-refractivity contribution is 7.09. The fourth-order valence-electron chi connectivity index (χ4n) is 1.86. The third-order valence-electron chi connectivity index (χ3n) is 3.06. The molecule has 0 atom stereocenters. The van der Waals surface area contributed by atoms with Gasteiger partial charge in [0.15, 0.2) is 5.69 Å². The number of aromatic carboxylic acids is 1. The van der Waals surface area contributed by atoms with E-state index in [0.717, 1.165) is 5.01 Å². The Kier molecular flexibility index (Phi) is 3.48. The van der Waals surface area contributed by atoms with Crippen LogP contribution in [-0.2, 0) is 6.42 Å². The Morgan fingerprint density at radius 1 is 1.22 bits per heavy atom. The van der Waals surface area contributed by atoms with Crippen LogP contribution in [0.4, 0.5) is 0 Å². The van der Waals surface area contributed by atoms with Gasteiger partial charge in [0, 0.05) is 11.8 Å². The molecule has 0 radical (unpaired) electrons. The zero-order chi connectivity index (χ0) is 13.3. The highest BCUT2D eigenvalue weighted by Gasteiger charge is 2.10. The molecule has 0 bridgehead atoms. The normalized spacial score (nSPS) is 10.6. The summed E-state index contributed by atoms with van der Waals surface area (Å²) in [6.45, 7) is 6.26. The number of aromatic nitrogens is 1. The van der Waals surface area contributed by atoms with Crippen molar-refractivity contribution in [2.45, 2.75) is 27.2 Å². The Labute approximate surface area is 110 Å². The van der Waals surface area contributed by atoms with Crippen molar-refractivity contribution in [1.29, 1.82) is 0 Å². The minimum Gasteiger partial charge on any atom is -0.476 e. The molecule has 0 amide bonds. The summed E-state index contributed by atoms with van der Waals surface area (Å²) < 4.78 is 0. The first kappa shape index (κ1) is 12.8. The molecule has 0 saturated heterocycles. The van der Waals surface area contributed by atoms with Crippen molar-refractivity contribution < 1.29 is 9.90 Å². The van der Waals surface area contributed by atoms with Crippen molar-refractivity contribution in [2.75, 3.05) is 0 Å². The van der Waals surface area contributed by atoms with E-state index in [4.69, 9.17) is 5.11 Å². The molecular weight excluding hydrogens is 246 g/mol. The molecule has 1 aromatic heterocycles. The second-order valence-corrected chi connectivity index (χ2v) is 5.41. The SMILES string of the molecule is Cc1cc(C)c(Cc2nc(C(=O)O)cs2)cc1C. The quantitative estimate of drug-likeness (QED) is 0.921. The smallest absolute Gasteiger partial charge is 0.355 e. The van der Waals surface area contributed by atoms with Gasteiger partial charge in [-0.2, -0.15) is 0 Å². The van der Waals surface area contributed by atoms with Gasteiger partial charge >= 0.3 is 5.97 Å². The number of thiazole rings is 1. The van der Waals surface area contributed by atoms with E-state index in [1.54, 1.807) is 5.38 Å². The van der Waals surface area contributed by atoms with Gasteiger partial charge in [0.2, 0.25) is 0 Å². The maximum absolute atomic E-state index is 10.8. The summed E-state index contributed by atoms with van der Waals surface area (Å²) in [5.41, 5.74) is 5.11. The molecule has 0 aliphatic rings. The van der Waals surface area contributed by atoms with Gasteiger partial charge in [0.1, 0.15) is 0 Å². The van der Waals surface area contributed by atoms with Crippen molar-refractivity contribution in [2.24, 2.45) is 0 Å². The first-order valence-electron chi connectivity index (χ1n) is 5.72. The van der Waals surface area contributed by atoms with Crippen LogP contribution in [0.5, 0.6) is 0 Å². The van der Waals surface area contributed by atoms with Crippen molar-refractivity contribution >= 4 is 17.3 Å². The average molecular weight is 261 g/mol.